The Bertz CT molecular complexity index is 1170. The zero-order valence-corrected chi connectivity index (χ0v) is 18.3. The zero-order chi connectivity index (χ0) is 21.3. The number of hydrogen-bond acceptors (Lipinski definition) is 5. The Balaban J connectivity index is 2.11. The van der Waals surface area contributed by atoms with Crippen LogP contribution in [-0.4, -0.2) is 45.0 Å². The Labute approximate surface area is 177 Å². The molecule has 0 unspecified atom stereocenters. The molecule has 4 aromatic rings. The van der Waals surface area contributed by atoms with Crippen molar-refractivity contribution in [1.82, 2.24) is 25.4 Å². The summed E-state index contributed by atoms with van der Waals surface area (Å²) in [5.41, 5.74) is 14.8. The summed E-state index contributed by atoms with van der Waals surface area (Å²) < 4.78 is 0. The van der Waals surface area contributed by atoms with E-state index < -0.39 is 0 Å². The standard InChI is InChI=1S/C23H31N7/c1-5-7-16-14(3)21-18-13-26-29-19(18)11-20(30(9-6-2)10-8-24)23(21)27-22(16)17-12-25-28-15(17)4/h11-13H,5-10,24H2,1-4H3,(H,25,28)(H,26,29). The SMILES string of the molecule is CCCc1c(-c2cn[nH]c2C)nc2c(N(CCC)CCN)cc3[nH]ncc3c2c1C. The topological polar surface area (TPSA) is 99.5 Å². The molecule has 0 aliphatic heterocycles. The lowest BCUT2D eigenvalue weighted by atomic mass is 9.93. The molecular weight excluding hydrogens is 374 g/mol. The smallest absolute Gasteiger partial charge is 0.0953 e. The molecule has 0 amide bonds. The summed E-state index contributed by atoms with van der Waals surface area (Å²) in [6, 6.07) is 2.17. The fraction of sp³-hybridized carbons (Fsp3) is 0.435. The Morgan fingerprint density at radius 2 is 1.83 bits per heavy atom. The number of fused-ring (bicyclic) bond motifs is 3. The highest BCUT2D eigenvalue weighted by molar-refractivity contribution is 6.12. The van der Waals surface area contributed by atoms with Gasteiger partial charge in [0.1, 0.15) is 0 Å². The van der Waals surface area contributed by atoms with Gasteiger partial charge in [0.2, 0.25) is 0 Å². The number of anilines is 1. The van der Waals surface area contributed by atoms with E-state index in [1.807, 2.05) is 12.4 Å². The van der Waals surface area contributed by atoms with Crippen LogP contribution in [0.3, 0.4) is 0 Å². The molecule has 4 N–H and O–H groups in total. The number of H-pyrrole nitrogens is 2. The second-order valence-corrected chi connectivity index (χ2v) is 7.95. The van der Waals surface area contributed by atoms with Crippen molar-refractivity contribution >= 4 is 27.5 Å². The highest BCUT2D eigenvalue weighted by Gasteiger charge is 2.22. The molecule has 3 heterocycles. The van der Waals surface area contributed by atoms with Crippen molar-refractivity contribution in [3.05, 3.63) is 35.3 Å². The lowest BCUT2D eigenvalue weighted by Crippen LogP contribution is -2.30. The highest BCUT2D eigenvalue weighted by Crippen LogP contribution is 2.39. The van der Waals surface area contributed by atoms with E-state index in [4.69, 9.17) is 10.7 Å². The molecule has 0 saturated heterocycles. The van der Waals surface area contributed by atoms with Crippen molar-refractivity contribution in [1.29, 1.82) is 0 Å². The number of pyridine rings is 1. The minimum absolute atomic E-state index is 0.600. The van der Waals surface area contributed by atoms with Crippen LogP contribution in [0.1, 0.15) is 43.5 Å². The summed E-state index contributed by atoms with van der Waals surface area (Å²) in [7, 11) is 0. The van der Waals surface area contributed by atoms with Crippen LogP contribution in [0.15, 0.2) is 18.5 Å². The third-order valence-corrected chi connectivity index (χ3v) is 5.85. The molecule has 0 aliphatic carbocycles. The number of rotatable bonds is 8. The van der Waals surface area contributed by atoms with Crippen molar-refractivity contribution in [2.45, 2.75) is 47.0 Å². The molecule has 1 aromatic carbocycles. The molecule has 30 heavy (non-hydrogen) atoms. The number of aromatic amines is 2. The summed E-state index contributed by atoms with van der Waals surface area (Å²) in [5.74, 6) is 0. The van der Waals surface area contributed by atoms with Crippen molar-refractivity contribution in [2.24, 2.45) is 5.73 Å². The Morgan fingerprint density at radius 3 is 2.50 bits per heavy atom. The molecule has 0 aliphatic rings. The van der Waals surface area contributed by atoms with E-state index in [0.717, 1.165) is 71.4 Å². The van der Waals surface area contributed by atoms with Gasteiger partial charge in [-0.25, -0.2) is 4.98 Å². The van der Waals surface area contributed by atoms with E-state index in [1.165, 1.54) is 16.5 Å². The number of benzene rings is 1. The van der Waals surface area contributed by atoms with Crippen molar-refractivity contribution in [2.75, 3.05) is 24.5 Å². The van der Waals surface area contributed by atoms with Gasteiger partial charge in [-0.15, -0.1) is 0 Å². The van der Waals surface area contributed by atoms with Gasteiger partial charge in [0, 0.05) is 41.7 Å². The van der Waals surface area contributed by atoms with Crippen molar-refractivity contribution < 1.29 is 0 Å². The second-order valence-electron chi connectivity index (χ2n) is 7.95. The van der Waals surface area contributed by atoms with Gasteiger partial charge in [0.25, 0.3) is 0 Å². The maximum atomic E-state index is 5.96. The molecule has 4 rings (SSSR count). The Hall–Kier alpha value is -2.93. The van der Waals surface area contributed by atoms with E-state index in [9.17, 15) is 0 Å². The molecule has 0 saturated carbocycles. The largest absolute Gasteiger partial charge is 0.368 e. The van der Waals surface area contributed by atoms with Gasteiger partial charge < -0.3 is 10.6 Å². The molecule has 158 valence electrons. The van der Waals surface area contributed by atoms with Gasteiger partial charge in [-0.1, -0.05) is 20.3 Å². The summed E-state index contributed by atoms with van der Waals surface area (Å²) in [5, 5.41) is 17.1. The third-order valence-electron chi connectivity index (χ3n) is 5.85. The van der Waals surface area contributed by atoms with Gasteiger partial charge in [0.15, 0.2) is 0 Å². The third kappa shape index (κ3) is 3.33. The molecule has 0 fully saturated rings. The predicted octanol–water partition coefficient (Wildman–Crippen LogP) is 4.25. The minimum atomic E-state index is 0.600. The average molecular weight is 406 g/mol. The quantitative estimate of drug-likeness (QED) is 0.407. The van der Waals surface area contributed by atoms with Crippen LogP contribution < -0.4 is 10.6 Å². The van der Waals surface area contributed by atoms with Crippen LogP contribution in [0, 0.1) is 13.8 Å². The molecule has 7 heteroatoms. The van der Waals surface area contributed by atoms with Crippen molar-refractivity contribution in [3.8, 4) is 11.3 Å². The number of nitrogens with two attached hydrogens (primary N) is 1. The number of hydrogen-bond donors (Lipinski definition) is 3. The van der Waals surface area contributed by atoms with Crippen LogP contribution >= 0.6 is 0 Å². The normalized spacial score (nSPS) is 11.6. The summed E-state index contributed by atoms with van der Waals surface area (Å²) in [6.07, 6.45) is 6.88. The predicted molar refractivity (Wildman–Crippen MR) is 124 cm³/mol. The number of nitrogens with zero attached hydrogens (tertiary/aromatic N) is 4. The molecule has 0 atom stereocenters. The first-order chi connectivity index (χ1) is 14.6. The minimum Gasteiger partial charge on any atom is -0.368 e. The first-order valence-corrected chi connectivity index (χ1v) is 10.8. The maximum absolute atomic E-state index is 5.96. The van der Waals surface area contributed by atoms with E-state index in [2.05, 4.69) is 59.1 Å². The second kappa shape index (κ2) is 8.44. The first-order valence-electron chi connectivity index (χ1n) is 10.8. The van der Waals surface area contributed by atoms with Gasteiger partial charge in [-0.3, -0.25) is 10.2 Å². The van der Waals surface area contributed by atoms with Gasteiger partial charge >= 0.3 is 0 Å². The van der Waals surface area contributed by atoms with Crippen LogP contribution in [0.4, 0.5) is 5.69 Å². The van der Waals surface area contributed by atoms with Crippen LogP contribution in [0.2, 0.25) is 0 Å². The molecule has 3 aromatic heterocycles. The molecule has 0 spiro atoms. The van der Waals surface area contributed by atoms with Crippen molar-refractivity contribution in [3.63, 3.8) is 0 Å². The summed E-state index contributed by atoms with van der Waals surface area (Å²) >= 11 is 0. The van der Waals surface area contributed by atoms with E-state index in [0.29, 0.717) is 6.54 Å². The zero-order valence-electron chi connectivity index (χ0n) is 18.3. The highest BCUT2D eigenvalue weighted by atomic mass is 15.1. The van der Waals surface area contributed by atoms with Gasteiger partial charge in [-0.2, -0.15) is 10.2 Å². The van der Waals surface area contributed by atoms with Crippen LogP contribution in [0.25, 0.3) is 33.1 Å². The monoisotopic (exact) mass is 405 g/mol. The van der Waals surface area contributed by atoms with Gasteiger partial charge in [-0.05, 0) is 43.9 Å². The van der Waals surface area contributed by atoms with E-state index in [-0.39, 0.29) is 0 Å². The molecule has 7 nitrogen and oxygen atoms in total. The number of nitrogens with one attached hydrogen (secondary N) is 2. The number of aromatic nitrogens is 5. The van der Waals surface area contributed by atoms with E-state index >= 15 is 0 Å². The van der Waals surface area contributed by atoms with Crippen LogP contribution in [0.5, 0.6) is 0 Å². The maximum Gasteiger partial charge on any atom is 0.0953 e. The molecule has 0 radical (unpaired) electrons. The van der Waals surface area contributed by atoms with Crippen LogP contribution in [-0.2, 0) is 6.42 Å². The lowest BCUT2D eigenvalue weighted by Gasteiger charge is -2.26. The average Bonchev–Trinajstić information content (AvgIpc) is 3.37. The molecule has 0 bridgehead atoms. The lowest BCUT2D eigenvalue weighted by molar-refractivity contribution is 0.764. The first kappa shape index (κ1) is 20.3. The fourth-order valence-corrected chi connectivity index (χ4v) is 4.45. The summed E-state index contributed by atoms with van der Waals surface area (Å²) in [4.78, 5) is 7.64. The Morgan fingerprint density at radius 1 is 1.03 bits per heavy atom. The van der Waals surface area contributed by atoms with E-state index in [1.54, 1.807) is 0 Å². The fourth-order valence-electron chi connectivity index (χ4n) is 4.45. The van der Waals surface area contributed by atoms with Gasteiger partial charge in [0.05, 0.1) is 34.8 Å². The molecular formula is C23H31N7. The Kier molecular flexibility index (Phi) is 5.72. The number of aryl methyl sites for hydroxylation is 2. The summed E-state index contributed by atoms with van der Waals surface area (Å²) in [6.45, 7) is 11.0.